The van der Waals surface area contributed by atoms with E-state index in [1.54, 1.807) is 0 Å². The van der Waals surface area contributed by atoms with Crippen LogP contribution in [0.5, 0.6) is 6.01 Å². The fourth-order valence-electron chi connectivity index (χ4n) is 8.04. The molecule has 18 nitrogen and oxygen atoms in total. The smallest absolute Gasteiger partial charge is 0.351 e. The molecule has 4 heterocycles. The van der Waals surface area contributed by atoms with Gasteiger partial charge in [0.15, 0.2) is 30.5 Å². The molecule has 6 rings (SSSR count). The monoisotopic (exact) mass is 865 g/mol. The highest BCUT2D eigenvalue weighted by atomic mass is 35.5. The molecule has 2 saturated heterocycles. The number of nitrogen functional groups attached to an aromatic ring is 1. The molecule has 0 bridgehead atoms. The van der Waals surface area contributed by atoms with Crippen LogP contribution in [0.2, 0.25) is 0 Å². The number of carbonyl (C=O) groups is 2. The summed E-state index contributed by atoms with van der Waals surface area (Å²) in [6, 6.07) is 2.51. The van der Waals surface area contributed by atoms with Crippen LogP contribution in [-0.4, -0.2) is 70.0 Å². The normalized spacial score (nSPS) is 26.7. The molecule has 0 aromatic carbocycles. The average molecular weight is 866 g/mol. The molecular weight excluding hydrogens is 800 g/mol. The predicted molar refractivity (Wildman–Crippen MR) is 220 cm³/mol. The van der Waals surface area contributed by atoms with E-state index in [1.807, 2.05) is 0 Å². The Morgan fingerprint density at radius 1 is 0.817 bits per heavy atom. The second-order valence-electron chi connectivity index (χ2n) is 15.7. The number of carbonyl (C=O) groups excluding carboxylic acids is 2. The zero-order valence-corrected chi connectivity index (χ0v) is 35.1. The van der Waals surface area contributed by atoms with Crippen LogP contribution in [0.4, 0.5) is 5.82 Å². The SMILES string of the molecule is C.CCCCCC1CCC(C(=O)OC[C@H]2OC[C@@H](n3ccc(=NNNCl)nc3[O-])O2)CC1.CCCCCC1CCC(C(=O)OC[C@H]2OC[C@@H](n3ccc(N)nc3=O)O2)CC1. The van der Waals surface area contributed by atoms with E-state index < -0.39 is 36.7 Å². The van der Waals surface area contributed by atoms with Gasteiger partial charge in [0.2, 0.25) is 0 Å². The van der Waals surface area contributed by atoms with E-state index >= 15 is 0 Å². The van der Waals surface area contributed by atoms with Crippen LogP contribution < -0.4 is 32.5 Å². The highest BCUT2D eigenvalue weighted by Crippen LogP contribution is 2.34. The maximum absolute atomic E-state index is 12.4. The number of nitrogens with zero attached hydrogens (tertiary/aromatic N) is 5. The Hall–Kier alpha value is -3.81. The quantitative estimate of drug-likeness (QED) is 0.0768. The van der Waals surface area contributed by atoms with Crippen LogP contribution in [0.1, 0.15) is 136 Å². The van der Waals surface area contributed by atoms with E-state index in [-0.39, 0.29) is 68.9 Å². The second-order valence-corrected chi connectivity index (χ2v) is 15.9. The van der Waals surface area contributed by atoms with Crippen molar-refractivity contribution in [1.82, 2.24) is 29.6 Å². The Morgan fingerprint density at radius 3 is 1.78 bits per heavy atom. The third-order valence-corrected chi connectivity index (χ3v) is 11.6. The molecular formula is C41H66ClN8O10-. The van der Waals surface area contributed by atoms with Gasteiger partial charge in [0.1, 0.15) is 19.0 Å². The number of aromatic nitrogens is 4. The largest absolute Gasteiger partial charge is 0.846 e. The Labute approximate surface area is 357 Å². The Morgan fingerprint density at radius 2 is 1.32 bits per heavy atom. The van der Waals surface area contributed by atoms with Crippen LogP contribution >= 0.6 is 11.8 Å². The molecule has 19 heteroatoms. The molecule has 4 atom stereocenters. The Balaban J connectivity index is 0.000000262. The Kier molecular flexibility index (Phi) is 21.0. The first kappa shape index (κ1) is 48.9. The van der Waals surface area contributed by atoms with E-state index in [9.17, 15) is 19.5 Å². The number of halogens is 1. The van der Waals surface area contributed by atoms with Gasteiger partial charge < -0.3 is 43.8 Å². The molecule has 2 saturated carbocycles. The van der Waals surface area contributed by atoms with Crippen LogP contribution in [0.3, 0.4) is 0 Å². The average Bonchev–Trinajstić information content (AvgIpc) is 3.92. The molecule has 0 amide bonds. The third-order valence-electron chi connectivity index (χ3n) is 11.5. The number of rotatable bonds is 18. The van der Waals surface area contributed by atoms with Crippen molar-refractivity contribution in [3.8, 4) is 6.01 Å². The number of hydrogen-bond acceptors (Lipinski definition) is 16. The molecule has 2 aliphatic heterocycles. The van der Waals surface area contributed by atoms with E-state index in [4.69, 9.17) is 45.9 Å². The number of nitrogens with two attached hydrogens (primary N) is 1. The lowest BCUT2D eigenvalue weighted by atomic mass is 9.80. The molecule has 0 radical (unpaired) electrons. The molecule has 2 aromatic heterocycles. The molecule has 4 N–H and O–H groups in total. The van der Waals surface area contributed by atoms with Crippen molar-refractivity contribution in [1.29, 1.82) is 0 Å². The molecule has 0 spiro atoms. The van der Waals surface area contributed by atoms with Crippen molar-refractivity contribution in [2.75, 3.05) is 32.2 Å². The maximum Gasteiger partial charge on any atom is 0.351 e. The lowest BCUT2D eigenvalue weighted by molar-refractivity contribution is -0.290. The zero-order valence-electron chi connectivity index (χ0n) is 34.3. The first-order chi connectivity index (χ1) is 28.7. The van der Waals surface area contributed by atoms with Gasteiger partial charge in [-0.15, -0.1) is 10.0 Å². The van der Waals surface area contributed by atoms with Crippen molar-refractivity contribution in [2.45, 2.75) is 149 Å². The van der Waals surface area contributed by atoms with Crippen LogP contribution in [0.15, 0.2) is 34.4 Å². The van der Waals surface area contributed by atoms with Crippen molar-refractivity contribution < 1.29 is 43.1 Å². The first-order valence-corrected chi connectivity index (χ1v) is 21.7. The number of ether oxygens (including phenoxy) is 6. The van der Waals surface area contributed by atoms with Crippen molar-refractivity contribution in [3.05, 3.63) is 40.5 Å². The molecule has 2 aliphatic carbocycles. The summed E-state index contributed by atoms with van der Waals surface area (Å²) in [5, 5.41) is 15.9. The number of esters is 2. The number of hydrazine groups is 1. The van der Waals surface area contributed by atoms with E-state index in [2.05, 4.69) is 39.4 Å². The number of anilines is 1. The van der Waals surface area contributed by atoms with Gasteiger partial charge in [-0.3, -0.25) is 14.2 Å². The van der Waals surface area contributed by atoms with E-state index in [0.717, 1.165) is 63.2 Å². The van der Waals surface area contributed by atoms with Gasteiger partial charge in [-0.05, 0) is 81.0 Å². The summed E-state index contributed by atoms with van der Waals surface area (Å²) >= 11 is 5.23. The van der Waals surface area contributed by atoms with Crippen LogP contribution in [0, 0.1) is 23.7 Å². The lowest BCUT2D eigenvalue weighted by Gasteiger charge is -2.27. The number of hydrogen-bond donors (Lipinski definition) is 3. The van der Waals surface area contributed by atoms with Gasteiger partial charge in [0.05, 0.1) is 31.1 Å². The minimum atomic E-state index is -0.710. The molecule has 60 heavy (non-hydrogen) atoms. The predicted octanol–water partition coefficient (Wildman–Crippen LogP) is 5.08. The summed E-state index contributed by atoms with van der Waals surface area (Å²) in [6.45, 7) is 4.82. The first-order valence-electron chi connectivity index (χ1n) is 21.3. The minimum absolute atomic E-state index is 0. The van der Waals surface area contributed by atoms with Crippen LogP contribution in [0.25, 0.3) is 0 Å². The fraction of sp³-hybridized carbons (Fsp3) is 0.756. The van der Waals surface area contributed by atoms with Gasteiger partial charge in [0.25, 0.3) is 0 Å². The highest BCUT2D eigenvalue weighted by molar-refractivity contribution is 6.13. The summed E-state index contributed by atoms with van der Waals surface area (Å²) in [6.07, 6.45) is 18.6. The molecule has 0 unspecified atom stereocenters. The van der Waals surface area contributed by atoms with Crippen molar-refractivity contribution >= 4 is 29.5 Å². The molecule has 4 fully saturated rings. The summed E-state index contributed by atoms with van der Waals surface area (Å²) in [7, 11) is 0. The van der Waals surface area contributed by atoms with Crippen molar-refractivity contribution in [2.24, 2.45) is 28.8 Å². The summed E-state index contributed by atoms with van der Waals surface area (Å²) in [5.74, 6) is 1.23. The van der Waals surface area contributed by atoms with Gasteiger partial charge >= 0.3 is 17.6 Å². The van der Waals surface area contributed by atoms with Gasteiger partial charge in [-0.1, -0.05) is 72.6 Å². The maximum atomic E-state index is 12.4. The van der Waals surface area contributed by atoms with Gasteiger partial charge in [0, 0.05) is 18.5 Å². The second kappa shape index (κ2) is 25.8. The third kappa shape index (κ3) is 15.3. The van der Waals surface area contributed by atoms with Gasteiger partial charge in [-0.25, -0.2) is 15.3 Å². The van der Waals surface area contributed by atoms with Gasteiger partial charge in [-0.2, -0.15) is 4.98 Å². The standard InChI is InChI=1S/C20H32ClN5O5.C20H31N3O5.CH4/c1-2-3-4-5-14-6-8-15(9-7-14)19(27)30-13-18-29-12-17(31-18)26-11-10-16(22-20(26)28)23-25-24-21;1-2-3-4-5-14-6-8-15(9-7-14)19(24)27-13-18-26-12-17(28-18)23-11-10-16(21)22-20(23)25;/h10-11,14-15,17-18,24-25H,2-9,12-13H2,1H3,(H,22,23,28);10-11,14-15,17-18H,2-9,12-13H2,1H3,(H2,21,22,25);1H4/p-1/t2*14?,15?,17-,18-;/m00./s1. The van der Waals surface area contributed by atoms with E-state index in [0.29, 0.717) is 0 Å². The summed E-state index contributed by atoms with van der Waals surface area (Å²) in [5.41, 5.74) is 7.44. The van der Waals surface area contributed by atoms with E-state index in [1.165, 1.54) is 85.0 Å². The fourth-order valence-corrected chi connectivity index (χ4v) is 8.08. The topological polar surface area (TPSA) is 228 Å². The molecule has 2 aromatic rings. The zero-order chi connectivity index (χ0) is 42.0. The lowest BCUT2D eigenvalue weighted by Crippen LogP contribution is -2.29. The summed E-state index contributed by atoms with van der Waals surface area (Å²) < 4.78 is 35.9. The molecule has 4 aliphatic rings. The summed E-state index contributed by atoms with van der Waals surface area (Å²) in [4.78, 5) is 46.2. The van der Waals surface area contributed by atoms with Crippen LogP contribution in [-0.2, 0) is 38.0 Å². The minimum Gasteiger partial charge on any atom is -0.846 e. The Bertz CT molecular complexity index is 1720. The number of unbranched alkanes of at least 4 members (excludes halogenated alkanes) is 4. The molecule has 338 valence electrons. The highest BCUT2D eigenvalue weighted by Gasteiger charge is 2.33. The van der Waals surface area contributed by atoms with Crippen molar-refractivity contribution in [3.63, 3.8) is 0 Å². The number of nitrogens with one attached hydrogen (secondary N) is 2.